The Labute approximate surface area is 99.1 Å². The molecule has 4 N–H and O–H groups in total. The lowest BCUT2D eigenvalue weighted by Gasteiger charge is -2.14. The fraction of sp³-hybridized carbons (Fsp3) is 0.250. The zero-order valence-electron chi connectivity index (χ0n) is 9.51. The number of H-pyrrole nitrogens is 1. The maximum absolute atomic E-state index is 9.39. The predicted octanol–water partition coefficient (Wildman–Crippen LogP) is 1.67. The number of nitrogens with zero attached hydrogens (tertiary/aromatic N) is 1. The van der Waals surface area contributed by atoms with Crippen molar-refractivity contribution in [1.82, 2.24) is 15.5 Å². The molecule has 0 aliphatic carbocycles. The summed E-state index contributed by atoms with van der Waals surface area (Å²) in [6, 6.07) is 4.61. The van der Waals surface area contributed by atoms with Gasteiger partial charge in [-0.15, -0.1) is 0 Å². The molecular formula is C12H15N3O2. The summed E-state index contributed by atoms with van der Waals surface area (Å²) in [4.78, 5) is 0. The van der Waals surface area contributed by atoms with Gasteiger partial charge in [-0.1, -0.05) is 0 Å². The summed E-state index contributed by atoms with van der Waals surface area (Å²) < 4.78 is 0. The molecule has 5 nitrogen and oxygen atoms in total. The van der Waals surface area contributed by atoms with Crippen LogP contribution in [-0.2, 0) is 6.54 Å². The van der Waals surface area contributed by atoms with Crippen LogP contribution in [0.1, 0.15) is 24.1 Å². The molecule has 1 heterocycles. The number of aromatic nitrogens is 2. The van der Waals surface area contributed by atoms with Gasteiger partial charge in [0.05, 0.1) is 6.20 Å². The van der Waals surface area contributed by atoms with Crippen LogP contribution >= 0.6 is 0 Å². The minimum atomic E-state index is 0.0305. The summed E-state index contributed by atoms with van der Waals surface area (Å²) in [5.74, 6) is 0.133. The molecule has 1 unspecified atom stereocenters. The molecule has 5 heteroatoms. The summed E-state index contributed by atoms with van der Waals surface area (Å²) in [6.07, 6.45) is 3.57. The maximum Gasteiger partial charge on any atom is 0.119 e. The molecule has 2 aromatic rings. The molecule has 0 radical (unpaired) electrons. The molecule has 0 amide bonds. The Kier molecular flexibility index (Phi) is 3.30. The Bertz CT molecular complexity index is 462. The van der Waals surface area contributed by atoms with Crippen LogP contribution in [0.5, 0.6) is 11.5 Å². The number of nitrogens with one attached hydrogen (secondary N) is 2. The zero-order chi connectivity index (χ0) is 12.3. The van der Waals surface area contributed by atoms with Crippen LogP contribution in [0.2, 0.25) is 0 Å². The van der Waals surface area contributed by atoms with Crippen molar-refractivity contribution < 1.29 is 10.2 Å². The molecule has 0 aliphatic rings. The van der Waals surface area contributed by atoms with E-state index in [4.69, 9.17) is 0 Å². The first-order valence-corrected chi connectivity index (χ1v) is 5.39. The topological polar surface area (TPSA) is 81.2 Å². The van der Waals surface area contributed by atoms with Gasteiger partial charge in [0.15, 0.2) is 0 Å². The van der Waals surface area contributed by atoms with Gasteiger partial charge in [0, 0.05) is 30.4 Å². The summed E-state index contributed by atoms with van der Waals surface area (Å²) in [5, 5.41) is 28.7. The standard InChI is InChI=1S/C12H15N3O2/c1-8(13-5-9-6-14-15-7-9)10-2-11(16)4-12(17)3-10/h2-4,6-8,13,16-17H,5H2,1H3,(H,14,15). The van der Waals surface area contributed by atoms with Crippen molar-refractivity contribution in [3.05, 3.63) is 41.7 Å². The maximum atomic E-state index is 9.39. The first-order valence-electron chi connectivity index (χ1n) is 5.39. The largest absolute Gasteiger partial charge is 0.508 e. The first kappa shape index (κ1) is 11.5. The van der Waals surface area contributed by atoms with Gasteiger partial charge >= 0.3 is 0 Å². The third-order valence-corrected chi connectivity index (χ3v) is 2.59. The molecule has 0 saturated carbocycles. The molecule has 0 saturated heterocycles. The van der Waals surface area contributed by atoms with Gasteiger partial charge in [-0.25, -0.2) is 0 Å². The van der Waals surface area contributed by atoms with Crippen LogP contribution in [0.25, 0.3) is 0 Å². The van der Waals surface area contributed by atoms with Gasteiger partial charge in [-0.2, -0.15) is 5.10 Å². The van der Waals surface area contributed by atoms with Crippen LogP contribution in [0.4, 0.5) is 0 Å². The number of aromatic amines is 1. The SMILES string of the molecule is CC(NCc1cn[nH]c1)c1cc(O)cc(O)c1. The van der Waals surface area contributed by atoms with E-state index >= 15 is 0 Å². The molecule has 0 spiro atoms. The van der Waals surface area contributed by atoms with Crippen molar-refractivity contribution in [3.8, 4) is 11.5 Å². The van der Waals surface area contributed by atoms with Crippen molar-refractivity contribution in [3.63, 3.8) is 0 Å². The van der Waals surface area contributed by atoms with Gasteiger partial charge in [-0.05, 0) is 24.6 Å². The molecule has 2 rings (SSSR count). The lowest BCUT2D eigenvalue weighted by molar-refractivity contribution is 0.446. The average molecular weight is 233 g/mol. The van der Waals surface area contributed by atoms with E-state index in [2.05, 4.69) is 15.5 Å². The third-order valence-electron chi connectivity index (χ3n) is 2.59. The Hall–Kier alpha value is -2.01. The van der Waals surface area contributed by atoms with Crippen molar-refractivity contribution in [2.24, 2.45) is 0 Å². The molecule has 0 bridgehead atoms. The monoisotopic (exact) mass is 233 g/mol. The lowest BCUT2D eigenvalue weighted by Crippen LogP contribution is -2.17. The summed E-state index contributed by atoms with van der Waals surface area (Å²) in [6.45, 7) is 2.64. The van der Waals surface area contributed by atoms with Crippen LogP contribution < -0.4 is 5.32 Å². The molecule has 1 atom stereocenters. The number of benzene rings is 1. The van der Waals surface area contributed by atoms with Gasteiger partial charge in [-0.3, -0.25) is 5.10 Å². The lowest BCUT2D eigenvalue weighted by atomic mass is 10.1. The van der Waals surface area contributed by atoms with Gasteiger partial charge in [0.25, 0.3) is 0 Å². The molecule has 0 fully saturated rings. The van der Waals surface area contributed by atoms with Gasteiger partial charge in [0.1, 0.15) is 11.5 Å². The number of hydrogen-bond donors (Lipinski definition) is 4. The number of phenolic OH excluding ortho intramolecular Hbond substituents is 2. The van der Waals surface area contributed by atoms with E-state index in [-0.39, 0.29) is 17.5 Å². The first-order chi connectivity index (χ1) is 8.15. The number of hydrogen-bond acceptors (Lipinski definition) is 4. The minimum Gasteiger partial charge on any atom is -0.508 e. The average Bonchev–Trinajstić information content (AvgIpc) is 2.77. The van der Waals surface area contributed by atoms with Crippen molar-refractivity contribution in [2.75, 3.05) is 0 Å². The van der Waals surface area contributed by atoms with Crippen LogP contribution in [-0.4, -0.2) is 20.4 Å². The summed E-state index contributed by atoms with van der Waals surface area (Å²) in [5.41, 5.74) is 1.90. The highest BCUT2D eigenvalue weighted by Crippen LogP contribution is 2.24. The van der Waals surface area contributed by atoms with Gasteiger partial charge < -0.3 is 15.5 Å². The van der Waals surface area contributed by atoms with Crippen LogP contribution in [0.3, 0.4) is 0 Å². The van der Waals surface area contributed by atoms with E-state index in [1.54, 1.807) is 18.3 Å². The zero-order valence-corrected chi connectivity index (χ0v) is 9.51. The summed E-state index contributed by atoms with van der Waals surface area (Å²) >= 11 is 0. The van der Waals surface area contributed by atoms with E-state index in [9.17, 15) is 10.2 Å². The second-order valence-electron chi connectivity index (χ2n) is 3.99. The Morgan fingerprint density at radius 1 is 1.29 bits per heavy atom. The van der Waals surface area contributed by atoms with Crippen molar-refractivity contribution in [2.45, 2.75) is 19.5 Å². The van der Waals surface area contributed by atoms with E-state index in [0.29, 0.717) is 6.54 Å². The molecular weight excluding hydrogens is 218 g/mol. The molecule has 90 valence electrons. The highest BCUT2D eigenvalue weighted by Gasteiger charge is 2.07. The van der Waals surface area contributed by atoms with E-state index in [1.807, 2.05) is 13.1 Å². The van der Waals surface area contributed by atoms with E-state index in [0.717, 1.165) is 11.1 Å². The number of aromatic hydroxyl groups is 2. The van der Waals surface area contributed by atoms with Crippen molar-refractivity contribution in [1.29, 1.82) is 0 Å². The van der Waals surface area contributed by atoms with E-state index in [1.165, 1.54) is 6.07 Å². The number of phenols is 2. The Morgan fingerprint density at radius 2 is 2.00 bits per heavy atom. The molecule has 0 aliphatic heterocycles. The fourth-order valence-corrected chi connectivity index (χ4v) is 1.63. The minimum absolute atomic E-state index is 0.0305. The molecule has 1 aromatic heterocycles. The highest BCUT2D eigenvalue weighted by atomic mass is 16.3. The van der Waals surface area contributed by atoms with Crippen LogP contribution in [0, 0.1) is 0 Å². The smallest absolute Gasteiger partial charge is 0.119 e. The van der Waals surface area contributed by atoms with Gasteiger partial charge in [0.2, 0.25) is 0 Å². The molecule has 1 aromatic carbocycles. The Balaban J connectivity index is 2.01. The normalized spacial score (nSPS) is 12.5. The third kappa shape index (κ3) is 2.98. The van der Waals surface area contributed by atoms with Crippen molar-refractivity contribution >= 4 is 0 Å². The molecule has 17 heavy (non-hydrogen) atoms. The Morgan fingerprint density at radius 3 is 2.59 bits per heavy atom. The highest BCUT2D eigenvalue weighted by molar-refractivity contribution is 5.37. The van der Waals surface area contributed by atoms with Crippen LogP contribution in [0.15, 0.2) is 30.6 Å². The fourth-order valence-electron chi connectivity index (χ4n) is 1.63. The number of rotatable bonds is 4. The quantitative estimate of drug-likeness (QED) is 0.647. The predicted molar refractivity (Wildman–Crippen MR) is 63.6 cm³/mol. The second kappa shape index (κ2) is 4.88. The summed E-state index contributed by atoms with van der Waals surface area (Å²) in [7, 11) is 0. The van der Waals surface area contributed by atoms with E-state index < -0.39 is 0 Å². The second-order valence-corrected chi connectivity index (χ2v) is 3.99.